The molecule has 1 unspecified atom stereocenters. The summed E-state index contributed by atoms with van der Waals surface area (Å²) in [5.74, 6) is -0.761. The summed E-state index contributed by atoms with van der Waals surface area (Å²) in [6, 6.07) is 4.28. The number of anilines is 1. The van der Waals surface area contributed by atoms with Crippen LogP contribution in [0.4, 0.5) is 5.82 Å². The number of amides is 1. The molecule has 7 nitrogen and oxygen atoms in total. The van der Waals surface area contributed by atoms with Crippen molar-refractivity contribution in [3.05, 3.63) is 23.9 Å². The van der Waals surface area contributed by atoms with Crippen LogP contribution in [0.2, 0.25) is 0 Å². The monoisotopic (exact) mass is 293 g/mol. The topological polar surface area (TPSA) is 91.8 Å². The first-order valence-corrected chi connectivity index (χ1v) is 6.84. The van der Waals surface area contributed by atoms with Gasteiger partial charge in [-0.3, -0.25) is 4.79 Å². The number of ether oxygens (including phenoxy) is 1. The van der Waals surface area contributed by atoms with Gasteiger partial charge in [-0.25, -0.2) is 9.78 Å². The minimum Gasteiger partial charge on any atom is -0.477 e. The lowest BCUT2D eigenvalue weighted by molar-refractivity contribution is -0.125. The maximum atomic E-state index is 12.2. The predicted octanol–water partition coefficient (Wildman–Crippen LogP) is 0.510. The van der Waals surface area contributed by atoms with Gasteiger partial charge in [0.05, 0.1) is 13.2 Å². The highest BCUT2D eigenvalue weighted by molar-refractivity contribution is 5.87. The molecule has 0 aliphatic carbocycles. The third-order valence-electron chi connectivity index (χ3n) is 3.11. The average molecular weight is 293 g/mol. The minimum absolute atomic E-state index is 0.0274. The molecule has 1 amide bonds. The lowest BCUT2D eigenvalue weighted by Gasteiger charge is -2.35. The number of carbonyl (C=O) groups is 2. The Morgan fingerprint density at radius 3 is 2.90 bits per heavy atom. The van der Waals surface area contributed by atoms with E-state index < -0.39 is 12.0 Å². The molecule has 1 aliphatic heterocycles. The van der Waals surface area contributed by atoms with Gasteiger partial charge in [-0.05, 0) is 26.0 Å². The number of nitrogens with one attached hydrogen (secondary N) is 1. The smallest absolute Gasteiger partial charge is 0.354 e. The molecule has 2 heterocycles. The van der Waals surface area contributed by atoms with Crippen LogP contribution in [0.25, 0.3) is 0 Å². The number of nitrogens with zero attached hydrogens (tertiary/aromatic N) is 2. The van der Waals surface area contributed by atoms with Gasteiger partial charge >= 0.3 is 5.97 Å². The van der Waals surface area contributed by atoms with Crippen molar-refractivity contribution in [1.82, 2.24) is 10.3 Å². The molecule has 1 aromatic rings. The van der Waals surface area contributed by atoms with Gasteiger partial charge in [0.1, 0.15) is 11.9 Å². The second-order valence-corrected chi connectivity index (χ2v) is 5.13. The van der Waals surface area contributed by atoms with E-state index in [1.165, 1.54) is 6.07 Å². The lowest BCUT2D eigenvalue weighted by atomic mass is 10.2. The summed E-state index contributed by atoms with van der Waals surface area (Å²) in [5, 5.41) is 11.9. The van der Waals surface area contributed by atoms with Gasteiger partial charge in [0.2, 0.25) is 5.91 Å². The zero-order valence-corrected chi connectivity index (χ0v) is 12.1. The van der Waals surface area contributed by atoms with Crippen molar-refractivity contribution < 1.29 is 19.4 Å². The number of morpholine rings is 1. The average Bonchev–Trinajstić information content (AvgIpc) is 2.46. The van der Waals surface area contributed by atoms with E-state index in [2.05, 4.69) is 10.3 Å². The number of aromatic nitrogens is 1. The molecule has 2 rings (SSSR count). The van der Waals surface area contributed by atoms with Gasteiger partial charge in [-0.15, -0.1) is 0 Å². The van der Waals surface area contributed by atoms with Crippen molar-refractivity contribution in [3.63, 3.8) is 0 Å². The highest BCUT2D eigenvalue weighted by Crippen LogP contribution is 2.18. The quantitative estimate of drug-likeness (QED) is 0.840. The molecular formula is C14H19N3O4. The maximum Gasteiger partial charge on any atom is 0.354 e. The van der Waals surface area contributed by atoms with Crippen molar-refractivity contribution in [1.29, 1.82) is 0 Å². The predicted molar refractivity (Wildman–Crippen MR) is 76.4 cm³/mol. The van der Waals surface area contributed by atoms with Crippen LogP contribution in [0, 0.1) is 0 Å². The van der Waals surface area contributed by atoms with E-state index in [-0.39, 0.29) is 24.2 Å². The van der Waals surface area contributed by atoms with E-state index >= 15 is 0 Å². The Morgan fingerprint density at radius 2 is 2.24 bits per heavy atom. The molecule has 0 saturated carbocycles. The van der Waals surface area contributed by atoms with E-state index in [1.54, 1.807) is 17.0 Å². The van der Waals surface area contributed by atoms with E-state index in [0.29, 0.717) is 19.0 Å². The van der Waals surface area contributed by atoms with Gasteiger partial charge in [0.25, 0.3) is 0 Å². The Kier molecular flexibility index (Phi) is 4.74. The van der Waals surface area contributed by atoms with E-state index in [9.17, 15) is 9.59 Å². The molecule has 2 N–H and O–H groups in total. The second-order valence-electron chi connectivity index (χ2n) is 5.13. The minimum atomic E-state index is -1.09. The van der Waals surface area contributed by atoms with Crippen molar-refractivity contribution in [2.75, 3.05) is 24.7 Å². The fraction of sp³-hybridized carbons (Fsp3) is 0.500. The van der Waals surface area contributed by atoms with Crippen molar-refractivity contribution in [3.8, 4) is 0 Å². The first-order valence-electron chi connectivity index (χ1n) is 6.84. The summed E-state index contributed by atoms with van der Waals surface area (Å²) >= 11 is 0. The largest absolute Gasteiger partial charge is 0.477 e. The molecule has 0 spiro atoms. The summed E-state index contributed by atoms with van der Waals surface area (Å²) in [4.78, 5) is 29.1. The number of carboxylic acid groups (broad SMARTS) is 1. The molecule has 1 aromatic heterocycles. The summed E-state index contributed by atoms with van der Waals surface area (Å²) < 4.78 is 5.37. The molecule has 1 aliphatic rings. The first-order chi connectivity index (χ1) is 9.99. The molecule has 1 saturated heterocycles. The fourth-order valence-electron chi connectivity index (χ4n) is 2.18. The van der Waals surface area contributed by atoms with Crippen LogP contribution in [0.15, 0.2) is 18.2 Å². The summed E-state index contributed by atoms with van der Waals surface area (Å²) in [6.07, 6.45) is 0. The van der Waals surface area contributed by atoms with Gasteiger partial charge < -0.3 is 20.1 Å². The SMILES string of the molecule is CC(C)NC(=O)C1COCCN1c1cccc(C(=O)O)n1. The Hall–Kier alpha value is -2.15. The molecule has 1 atom stereocenters. The molecule has 7 heteroatoms. The van der Waals surface area contributed by atoms with Crippen molar-refractivity contribution in [2.45, 2.75) is 25.9 Å². The first kappa shape index (κ1) is 15.2. The van der Waals surface area contributed by atoms with Crippen LogP contribution in [-0.2, 0) is 9.53 Å². The molecule has 0 bridgehead atoms. The fourth-order valence-corrected chi connectivity index (χ4v) is 2.18. The Morgan fingerprint density at radius 1 is 1.48 bits per heavy atom. The maximum absolute atomic E-state index is 12.2. The summed E-state index contributed by atoms with van der Waals surface area (Å²) in [5.41, 5.74) is -0.0398. The standard InChI is InChI=1S/C14H19N3O4/c1-9(2)15-13(18)11-8-21-7-6-17(11)12-5-3-4-10(16-12)14(19)20/h3-5,9,11H,6-8H2,1-2H3,(H,15,18)(H,19,20). The number of carbonyl (C=O) groups excluding carboxylic acids is 1. The zero-order chi connectivity index (χ0) is 15.4. The van der Waals surface area contributed by atoms with Crippen LogP contribution in [0.5, 0.6) is 0 Å². The normalized spacial score (nSPS) is 18.6. The van der Waals surface area contributed by atoms with Gasteiger partial charge in [0.15, 0.2) is 5.69 Å². The Labute approximate surface area is 122 Å². The number of hydrogen-bond acceptors (Lipinski definition) is 5. The van der Waals surface area contributed by atoms with Gasteiger partial charge in [-0.1, -0.05) is 6.07 Å². The zero-order valence-electron chi connectivity index (χ0n) is 12.1. The van der Waals surface area contributed by atoms with Crippen LogP contribution in [-0.4, -0.2) is 53.8 Å². The molecule has 0 aromatic carbocycles. The molecular weight excluding hydrogens is 274 g/mol. The lowest BCUT2D eigenvalue weighted by Crippen LogP contribution is -2.55. The van der Waals surface area contributed by atoms with E-state index in [0.717, 1.165) is 0 Å². The van der Waals surface area contributed by atoms with E-state index in [1.807, 2.05) is 13.8 Å². The van der Waals surface area contributed by atoms with Gasteiger partial charge in [0, 0.05) is 12.6 Å². The van der Waals surface area contributed by atoms with Crippen LogP contribution in [0.3, 0.4) is 0 Å². The third kappa shape index (κ3) is 3.69. The van der Waals surface area contributed by atoms with Crippen molar-refractivity contribution >= 4 is 17.7 Å². The van der Waals surface area contributed by atoms with Crippen LogP contribution in [0.1, 0.15) is 24.3 Å². The molecule has 1 fully saturated rings. The molecule has 0 radical (unpaired) electrons. The number of pyridine rings is 1. The number of carboxylic acids is 1. The van der Waals surface area contributed by atoms with Gasteiger partial charge in [-0.2, -0.15) is 0 Å². The number of rotatable bonds is 4. The summed E-state index contributed by atoms with van der Waals surface area (Å²) in [6.45, 7) is 5.00. The van der Waals surface area contributed by atoms with E-state index in [4.69, 9.17) is 9.84 Å². The van der Waals surface area contributed by atoms with Crippen molar-refractivity contribution in [2.24, 2.45) is 0 Å². The molecule has 114 valence electrons. The van der Waals surface area contributed by atoms with Crippen LogP contribution < -0.4 is 10.2 Å². The highest BCUT2D eigenvalue weighted by atomic mass is 16.5. The summed E-state index contributed by atoms with van der Waals surface area (Å²) in [7, 11) is 0. The third-order valence-corrected chi connectivity index (χ3v) is 3.11. The molecule has 21 heavy (non-hydrogen) atoms. The Bertz CT molecular complexity index is 533. The number of hydrogen-bond donors (Lipinski definition) is 2. The second kappa shape index (κ2) is 6.53. The Balaban J connectivity index is 2.24. The highest BCUT2D eigenvalue weighted by Gasteiger charge is 2.30. The number of aromatic carboxylic acids is 1. The van der Waals surface area contributed by atoms with Crippen LogP contribution >= 0.6 is 0 Å².